The zero-order chi connectivity index (χ0) is 18.8. The first-order valence-electron chi connectivity index (χ1n) is 8.65. The van der Waals surface area contributed by atoms with Crippen LogP contribution in [0.15, 0.2) is 65.6 Å². The Hall–Kier alpha value is -3.67. The number of nitrogens with zero attached hydrogens (tertiary/aromatic N) is 1. The number of rotatable bonds is 5. The molecule has 2 aromatic heterocycles. The fourth-order valence-electron chi connectivity index (χ4n) is 3.25. The number of nitrogens with one attached hydrogen (secondary N) is 2. The smallest absolute Gasteiger partial charge is 0.271 e. The van der Waals surface area contributed by atoms with E-state index in [-0.39, 0.29) is 5.56 Å². The average molecular weight is 358 g/mol. The quantitative estimate of drug-likeness (QED) is 0.511. The lowest BCUT2D eigenvalue weighted by molar-refractivity contribution is 0.0999. The van der Waals surface area contributed by atoms with E-state index in [0.29, 0.717) is 23.8 Å². The van der Waals surface area contributed by atoms with Crippen molar-refractivity contribution in [1.82, 2.24) is 15.2 Å². The van der Waals surface area contributed by atoms with Crippen LogP contribution < -0.4 is 11.3 Å². The van der Waals surface area contributed by atoms with E-state index in [1.807, 2.05) is 42.5 Å². The van der Waals surface area contributed by atoms with Gasteiger partial charge < -0.3 is 5.73 Å². The maximum atomic E-state index is 11.8. The highest BCUT2D eigenvalue weighted by molar-refractivity contribution is 5.94. The van der Waals surface area contributed by atoms with Gasteiger partial charge in [-0.3, -0.25) is 24.8 Å². The van der Waals surface area contributed by atoms with E-state index in [0.717, 1.165) is 27.9 Å². The van der Waals surface area contributed by atoms with Crippen molar-refractivity contribution >= 4 is 16.8 Å². The van der Waals surface area contributed by atoms with Gasteiger partial charge in [0.2, 0.25) is 5.91 Å². The van der Waals surface area contributed by atoms with Gasteiger partial charge in [0.15, 0.2) is 0 Å². The largest absolute Gasteiger partial charge is 0.366 e. The van der Waals surface area contributed by atoms with Gasteiger partial charge in [0.1, 0.15) is 0 Å². The minimum Gasteiger partial charge on any atom is -0.366 e. The van der Waals surface area contributed by atoms with Crippen LogP contribution in [0.1, 0.15) is 21.6 Å². The number of primary amides is 1. The lowest BCUT2D eigenvalue weighted by Crippen LogP contribution is -2.14. The van der Waals surface area contributed by atoms with E-state index >= 15 is 0 Å². The number of fused-ring (bicyclic) bond motifs is 1. The first-order valence-corrected chi connectivity index (χ1v) is 8.65. The van der Waals surface area contributed by atoms with Crippen LogP contribution in [-0.4, -0.2) is 21.1 Å². The number of hydrogen-bond donors (Lipinski definition) is 3. The van der Waals surface area contributed by atoms with Crippen LogP contribution in [0.3, 0.4) is 0 Å². The molecule has 27 heavy (non-hydrogen) atoms. The number of H-pyrrole nitrogens is 2. The number of pyridine rings is 1. The molecule has 134 valence electrons. The van der Waals surface area contributed by atoms with Crippen LogP contribution in [0.25, 0.3) is 22.0 Å². The van der Waals surface area contributed by atoms with Gasteiger partial charge in [0.25, 0.3) is 5.56 Å². The molecule has 4 aromatic rings. The molecular formula is C21H18N4O2. The fourth-order valence-corrected chi connectivity index (χ4v) is 3.25. The van der Waals surface area contributed by atoms with E-state index < -0.39 is 5.91 Å². The third-order valence-corrected chi connectivity index (χ3v) is 4.66. The van der Waals surface area contributed by atoms with Crippen molar-refractivity contribution < 1.29 is 4.79 Å². The van der Waals surface area contributed by atoms with E-state index in [1.54, 1.807) is 18.3 Å². The second-order valence-electron chi connectivity index (χ2n) is 6.40. The Bertz CT molecular complexity index is 1190. The molecule has 0 bridgehead atoms. The molecule has 0 unspecified atom stereocenters. The highest BCUT2D eigenvalue weighted by atomic mass is 16.1. The summed E-state index contributed by atoms with van der Waals surface area (Å²) in [7, 11) is 0. The molecule has 4 rings (SSSR count). The lowest BCUT2D eigenvalue weighted by Gasteiger charge is -2.08. The van der Waals surface area contributed by atoms with Crippen LogP contribution in [0.2, 0.25) is 0 Å². The molecule has 6 heteroatoms. The summed E-state index contributed by atoms with van der Waals surface area (Å²) in [6.45, 7) is 0. The van der Waals surface area contributed by atoms with Gasteiger partial charge in [0, 0.05) is 17.5 Å². The summed E-state index contributed by atoms with van der Waals surface area (Å²) >= 11 is 0. The van der Waals surface area contributed by atoms with Gasteiger partial charge in [0.05, 0.1) is 10.9 Å². The van der Waals surface area contributed by atoms with Gasteiger partial charge in [-0.25, -0.2) is 0 Å². The minimum atomic E-state index is -0.419. The second-order valence-corrected chi connectivity index (χ2v) is 6.40. The normalized spacial score (nSPS) is 11.0. The standard InChI is InChI=1S/C21H18N4O2/c22-20(26)17-4-2-1-3-13(17)5-7-16-11-15(9-10-23-16)14-6-8-19-18(12-14)21(27)25-24-19/h1-4,6,8-12H,5,7H2,(H2,22,26)(H2,24,25,27). The highest BCUT2D eigenvalue weighted by Crippen LogP contribution is 2.23. The molecule has 0 aliphatic carbocycles. The summed E-state index contributed by atoms with van der Waals surface area (Å²) in [5.74, 6) is -0.419. The average Bonchev–Trinajstić information content (AvgIpc) is 3.07. The second kappa shape index (κ2) is 6.92. The molecule has 0 radical (unpaired) electrons. The molecule has 0 saturated carbocycles. The van der Waals surface area contributed by atoms with Crippen LogP contribution >= 0.6 is 0 Å². The number of nitrogens with two attached hydrogens (primary N) is 1. The number of amides is 1. The monoisotopic (exact) mass is 358 g/mol. The maximum Gasteiger partial charge on any atom is 0.271 e. The molecular weight excluding hydrogens is 340 g/mol. The van der Waals surface area contributed by atoms with Gasteiger partial charge in [-0.2, -0.15) is 0 Å². The Morgan fingerprint density at radius 1 is 0.963 bits per heavy atom. The molecule has 0 saturated heterocycles. The van der Waals surface area contributed by atoms with Crippen molar-refractivity contribution in [1.29, 1.82) is 0 Å². The van der Waals surface area contributed by atoms with E-state index in [1.165, 1.54) is 0 Å². The first kappa shape index (κ1) is 16.8. The number of aryl methyl sites for hydroxylation is 2. The Balaban J connectivity index is 1.60. The predicted molar refractivity (Wildman–Crippen MR) is 105 cm³/mol. The summed E-state index contributed by atoms with van der Waals surface area (Å²) in [4.78, 5) is 27.8. The van der Waals surface area contributed by atoms with Gasteiger partial charge >= 0.3 is 0 Å². The van der Waals surface area contributed by atoms with Crippen LogP contribution in [0.4, 0.5) is 0 Å². The molecule has 6 nitrogen and oxygen atoms in total. The number of aromatic amines is 2. The molecule has 0 spiro atoms. The van der Waals surface area contributed by atoms with Crippen molar-refractivity contribution in [2.45, 2.75) is 12.8 Å². The van der Waals surface area contributed by atoms with Crippen molar-refractivity contribution in [3.63, 3.8) is 0 Å². The highest BCUT2D eigenvalue weighted by Gasteiger charge is 2.09. The van der Waals surface area contributed by atoms with E-state index in [4.69, 9.17) is 5.73 Å². The van der Waals surface area contributed by atoms with Gasteiger partial charge in [-0.1, -0.05) is 24.3 Å². The number of carbonyl (C=O) groups excluding carboxylic acids is 1. The summed E-state index contributed by atoms with van der Waals surface area (Å²) in [6, 6.07) is 17.0. The number of carbonyl (C=O) groups is 1. The summed E-state index contributed by atoms with van der Waals surface area (Å²) in [5, 5.41) is 6.06. The Labute approximate surface area is 155 Å². The van der Waals surface area contributed by atoms with Gasteiger partial charge in [-0.15, -0.1) is 0 Å². The molecule has 0 fully saturated rings. The molecule has 2 heterocycles. The molecule has 2 aromatic carbocycles. The Morgan fingerprint density at radius 3 is 2.63 bits per heavy atom. The van der Waals surface area contributed by atoms with Crippen LogP contribution in [0, 0.1) is 0 Å². The van der Waals surface area contributed by atoms with Crippen LogP contribution in [-0.2, 0) is 12.8 Å². The van der Waals surface area contributed by atoms with Crippen molar-refractivity contribution in [3.05, 3.63) is 88.0 Å². The van der Waals surface area contributed by atoms with E-state index in [2.05, 4.69) is 15.2 Å². The number of benzene rings is 2. The summed E-state index contributed by atoms with van der Waals surface area (Å²) in [5.41, 5.74) is 10.4. The first-order chi connectivity index (χ1) is 13.1. The Morgan fingerprint density at radius 2 is 1.78 bits per heavy atom. The third kappa shape index (κ3) is 3.37. The lowest BCUT2D eigenvalue weighted by atomic mass is 9.99. The third-order valence-electron chi connectivity index (χ3n) is 4.66. The molecule has 1 amide bonds. The van der Waals surface area contributed by atoms with Crippen molar-refractivity contribution in [2.24, 2.45) is 5.73 Å². The minimum absolute atomic E-state index is 0.135. The Kier molecular flexibility index (Phi) is 4.30. The molecule has 0 aliphatic rings. The number of aromatic nitrogens is 3. The van der Waals surface area contributed by atoms with Crippen molar-refractivity contribution in [2.75, 3.05) is 0 Å². The molecule has 0 atom stereocenters. The number of hydrogen-bond acceptors (Lipinski definition) is 3. The summed E-state index contributed by atoms with van der Waals surface area (Å²) in [6.07, 6.45) is 3.12. The SMILES string of the molecule is NC(=O)c1ccccc1CCc1cc(-c2ccc3[nH][nH]c(=O)c3c2)ccn1. The van der Waals surface area contributed by atoms with E-state index in [9.17, 15) is 9.59 Å². The summed E-state index contributed by atoms with van der Waals surface area (Å²) < 4.78 is 0. The van der Waals surface area contributed by atoms with Crippen LogP contribution in [0.5, 0.6) is 0 Å². The van der Waals surface area contributed by atoms with Gasteiger partial charge in [-0.05, 0) is 59.9 Å². The molecule has 0 aliphatic heterocycles. The van der Waals surface area contributed by atoms with Crippen molar-refractivity contribution in [3.8, 4) is 11.1 Å². The zero-order valence-corrected chi connectivity index (χ0v) is 14.5. The fraction of sp³-hybridized carbons (Fsp3) is 0.0952. The zero-order valence-electron chi connectivity index (χ0n) is 14.5. The maximum absolute atomic E-state index is 11.8. The topological polar surface area (TPSA) is 105 Å². The predicted octanol–water partition coefficient (Wildman–Crippen LogP) is 2.80. The molecule has 4 N–H and O–H groups in total.